The molecule has 6 heteroatoms. The van der Waals surface area contributed by atoms with E-state index < -0.39 is 35.0 Å². The smallest absolute Gasteiger partial charge is 0.233 e. The number of rotatable bonds is 1. The summed E-state index contributed by atoms with van der Waals surface area (Å²) in [6.07, 6.45) is 0. The summed E-state index contributed by atoms with van der Waals surface area (Å²) in [5, 5.41) is 0. The Morgan fingerprint density at radius 2 is 1.21 bits per heavy atom. The van der Waals surface area contributed by atoms with Gasteiger partial charge in [0.15, 0.2) is 0 Å². The molecule has 0 N–H and O–H groups in total. The summed E-state index contributed by atoms with van der Waals surface area (Å²) in [4.78, 5) is 54.7. The molecule has 3 aliphatic carbocycles. The predicted molar refractivity (Wildman–Crippen MR) is 100 cm³/mol. The maximum Gasteiger partial charge on any atom is 0.233 e. The number of hydrogen-bond donors (Lipinski definition) is 0. The van der Waals surface area contributed by atoms with E-state index in [1.165, 1.54) is 23.9 Å². The van der Waals surface area contributed by atoms with Crippen LogP contribution in [0.1, 0.15) is 19.4 Å². The summed E-state index contributed by atoms with van der Waals surface area (Å²) in [5.41, 5.74) is 1.97. The molecular formula is C22H22N2O4. The van der Waals surface area contributed by atoms with Crippen molar-refractivity contribution in [3.63, 3.8) is 0 Å². The lowest BCUT2D eigenvalue weighted by Gasteiger charge is -2.57. The van der Waals surface area contributed by atoms with Crippen LogP contribution in [0.15, 0.2) is 35.9 Å². The largest absolute Gasteiger partial charge is 0.285 e. The average Bonchev–Trinajstić information content (AvgIpc) is 3.05. The van der Waals surface area contributed by atoms with Crippen molar-refractivity contribution in [1.82, 2.24) is 9.80 Å². The lowest BCUT2D eigenvalue weighted by atomic mass is 9.42. The Balaban J connectivity index is 1.85. The first-order valence-corrected chi connectivity index (χ1v) is 9.62. The maximum atomic E-state index is 13.2. The van der Waals surface area contributed by atoms with Gasteiger partial charge in [0.1, 0.15) is 0 Å². The SMILES string of the molecule is CC1=C(c2ccccc2)C2(C)[C@@H]3C(=O)N(C)C(=O)[C@@H]3C1[C@@H]1C(=O)N(C)C(=O)[C@@H]12. The van der Waals surface area contributed by atoms with Crippen molar-refractivity contribution < 1.29 is 19.2 Å². The highest BCUT2D eigenvalue weighted by molar-refractivity contribution is 6.13. The number of amides is 4. The van der Waals surface area contributed by atoms with Gasteiger partial charge < -0.3 is 0 Å². The molecule has 0 aromatic heterocycles. The third kappa shape index (κ3) is 1.66. The Hall–Kier alpha value is -2.76. The molecule has 3 fully saturated rings. The third-order valence-electron chi connectivity index (χ3n) is 7.70. The molecule has 0 spiro atoms. The number of likely N-dealkylation sites (tertiary alicyclic amines) is 2. The van der Waals surface area contributed by atoms with Crippen LogP contribution in [0, 0.1) is 35.0 Å². The van der Waals surface area contributed by atoms with E-state index in [1.54, 1.807) is 0 Å². The zero-order valence-corrected chi connectivity index (χ0v) is 16.3. The van der Waals surface area contributed by atoms with Crippen LogP contribution in [-0.4, -0.2) is 47.5 Å². The Morgan fingerprint density at radius 3 is 1.68 bits per heavy atom. The minimum absolute atomic E-state index is 0.231. The summed E-state index contributed by atoms with van der Waals surface area (Å²) in [5.74, 6) is -3.73. The zero-order valence-electron chi connectivity index (χ0n) is 16.3. The molecule has 2 aliphatic heterocycles. The van der Waals surface area contributed by atoms with Gasteiger partial charge in [-0.15, -0.1) is 0 Å². The van der Waals surface area contributed by atoms with E-state index in [0.29, 0.717) is 0 Å². The van der Waals surface area contributed by atoms with Crippen molar-refractivity contribution in [3.05, 3.63) is 41.5 Å². The Morgan fingerprint density at radius 1 is 0.750 bits per heavy atom. The van der Waals surface area contributed by atoms with E-state index in [-0.39, 0.29) is 23.6 Å². The van der Waals surface area contributed by atoms with Crippen molar-refractivity contribution in [1.29, 1.82) is 0 Å². The maximum absolute atomic E-state index is 13.2. The monoisotopic (exact) mass is 378 g/mol. The van der Waals surface area contributed by atoms with Crippen molar-refractivity contribution in [3.8, 4) is 0 Å². The fraction of sp³-hybridized carbons (Fsp3) is 0.455. The summed E-state index contributed by atoms with van der Waals surface area (Å²) >= 11 is 0. The summed E-state index contributed by atoms with van der Waals surface area (Å²) in [6.45, 7) is 3.88. The molecule has 2 unspecified atom stereocenters. The normalized spacial score (nSPS) is 39.2. The van der Waals surface area contributed by atoms with Gasteiger partial charge in [-0.2, -0.15) is 0 Å². The first kappa shape index (κ1) is 17.3. The van der Waals surface area contributed by atoms with Gasteiger partial charge in [0.2, 0.25) is 23.6 Å². The summed E-state index contributed by atoms with van der Waals surface area (Å²) < 4.78 is 0. The minimum atomic E-state index is -0.898. The van der Waals surface area contributed by atoms with Crippen LogP contribution in [0.5, 0.6) is 0 Å². The summed E-state index contributed by atoms with van der Waals surface area (Å²) in [6, 6.07) is 9.73. The fourth-order valence-electron chi connectivity index (χ4n) is 6.66. The second-order valence-corrected chi connectivity index (χ2v) is 8.71. The molecule has 1 saturated carbocycles. The van der Waals surface area contributed by atoms with Crippen LogP contribution in [0.25, 0.3) is 5.57 Å². The number of benzene rings is 1. The highest BCUT2D eigenvalue weighted by Gasteiger charge is 2.75. The van der Waals surface area contributed by atoms with Gasteiger partial charge in [-0.05, 0) is 18.1 Å². The van der Waals surface area contributed by atoms with E-state index in [4.69, 9.17) is 0 Å². The van der Waals surface area contributed by atoms with Gasteiger partial charge in [0, 0.05) is 25.4 Å². The van der Waals surface area contributed by atoms with Crippen LogP contribution in [-0.2, 0) is 19.2 Å². The topological polar surface area (TPSA) is 74.8 Å². The number of hydrogen-bond acceptors (Lipinski definition) is 4. The van der Waals surface area contributed by atoms with Gasteiger partial charge in [0.25, 0.3) is 0 Å². The minimum Gasteiger partial charge on any atom is -0.285 e. The quantitative estimate of drug-likeness (QED) is 0.696. The molecule has 5 aliphatic rings. The molecule has 0 radical (unpaired) electrons. The third-order valence-corrected chi connectivity index (χ3v) is 7.70. The molecule has 6 nitrogen and oxygen atoms in total. The van der Waals surface area contributed by atoms with Gasteiger partial charge in [-0.1, -0.05) is 42.8 Å². The van der Waals surface area contributed by atoms with E-state index in [1.807, 2.05) is 44.2 Å². The fourth-order valence-corrected chi connectivity index (χ4v) is 6.66. The molecule has 28 heavy (non-hydrogen) atoms. The van der Waals surface area contributed by atoms with E-state index in [2.05, 4.69) is 0 Å². The van der Waals surface area contributed by atoms with Crippen LogP contribution < -0.4 is 0 Å². The van der Waals surface area contributed by atoms with E-state index >= 15 is 0 Å². The lowest BCUT2D eigenvalue weighted by molar-refractivity contribution is -0.145. The number of carbonyl (C=O) groups excluding carboxylic acids is 4. The molecule has 6 rings (SSSR count). The summed E-state index contributed by atoms with van der Waals surface area (Å²) in [7, 11) is 3.02. The van der Waals surface area contributed by atoms with Gasteiger partial charge in [-0.25, -0.2) is 0 Å². The second kappa shape index (κ2) is 5.19. The van der Waals surface area contributed by atoms with E-state index in [0.717, 1.165) is 16.7 Å². The second-order valence-electron chi connectivity index (χ2n) is 8.71. The molecular weight excluding hydrogens is 356 g/mol. The van der Waals surface area contributed by atoms with Crippen LogP contribution in [0.2, 0.25) is 0 Å². The van der Waals surface area contributed by atoms with Crippen molar-refractivity contribution in [2.75, 3.05) is 14.1 Å². The predicted octanol–water partition coefficient (Wildman–Crippen LogP) is 1.57. The molecule has 4 amide bonds. The van der Waals surface area contributed by atoms with Crippen LogP contribution >= 0.6 is 0 Å². The highest BCUT2D eigenvalue weighted by Crippen LogP contribution is 2.70. The van der Waals surface area contributed by atoms with E-state index in [9.17, 15) is 19.2 Å². The number of nitrogens with zero attached hydrogens (tertiary/aromatic N) is 2. The zero-order chi connectivity index (χ0) is 20.1. The van der Waals surface area contributed by atoms with Crippen molar-refractivity contribution in [2.45, 2.75) is 13.8 Å². The molecule has 1 aromatic rings. The molecule has 2 saturated heterocycles. The average molecular weight is 378 g/mol. The molecule has 144 valence electrons. The first-order valence-electron chi connectivity index (χ1n) is 9.62. The molecule has 2 heterocycles. The Kier molecular flexibility index (Phi) is 3.21. The molecule has 2 bridgehead atoms. The number of allylic oxidation sites excluding steroid dienone is 2. The Bertz CT molecular complexity index is 949. The van der Waals surface area contributed by atoms with Gasteiger partial charge in [-0.3, -0.25) is 29.0 Å². The highest BCUT2D eigenvalue weighted by atomic mass is 16.2. The lowest BCUT2D eigenvalue weighted by Crippen LogP contribution is -2.59. The standard InChI is InChI=1S/C22H22N2O4/c1-10-12-13-16(20(27)23(3)18(13)25)22(2,15(10)11-8-6-5-7-9-11)17-14(12)19(26)24(4)21(17)28/h5-9,12-14,16-17H,1-4H3/t12?,13-,14+,16+,17-,22?. The first-order chi connectivity index (χ1) is 13.2. The number of imide groups is 2. The van der Waals surface area contributed by atoms with Crippen LogP contribution in [0.4, 0.5) is 0 Å². The van der Waals surface area contributed by atoms with Crippen molar-refractivity contribution >= 4 is 29.2 Å². The Labute approximate surface area is 163 Å². The molecule has 1 aromatic carbocycles. The van der Waals surface area contributed by atoms with Gasteiger partial charge >= 0.3 is 0 Å². The van der Waals surface area contributed by atoms with Gasteiger partial charge in [0.05, 0.1) is 23.7 Å². The number of carbonyl (C=O) groups is 4. The van der Waals surface area contributed by atoms with Crippen LogP contribution in [0.3, 0.4) is 0 Å². The van der Waals surface area contributed by atoms with Crippen molar-refractivity contribution in [2.24, 2.45) is 35.0 Å². The molecule has 6 atom stereocenters.